The number of piperazine rings is 1. The van der Waals surface area contributed by atoms with Gasteiger partial charge in [0, 0.05) is 32.1 Å². The van der Waals surface area contributed by atoms with E-state index in [0.717, 1.165) is 50.6 Å². The van der Waals surface area contributed by atoms with Crippen LogP contribution < -0.4 is 9.64 Å². The standard InChI is InChI=1S/C16H23N3O2/c1-21-14-6-7-15(17-12-14)18-8-10-19(11-9-18)16(20)13-4-2-3-5-13/h6-7,12-13H,2-5,8-11H2,1H3. The number of carbonyl (C=O) groups is 1. The Morgan fingerprint density at radius 2 is 1.90 bits per heavy atom. The summed E-state index contributed by atoms with van der Waals surface area (Å²) in [6, 6.07) is 3.91. The fourth-order valence-electron chi connectivity index (χ4n) is 3.27. The van der Waals surface area contributed by atoms with Crippen LogP contribution in [0, 0.1) is 5.92 Å². The molecule has 0 atom stereocenters. The van der Waals surface area contributed by atoms with Crippen LogP contribution in [0.3, 0.4) is 0 Å². The number of rotatable bonds is 3. The maximum absolute atomic E-state index is 12.4. The summed E-state index contributed by atoms with van der Waals surface area (Å²) in [5, 5.41) is 0. The van der Waals surface area contributed by atoms with Crippen molar-refractivity contribution in [1.29, 1.82) is 0 Å². The molecule has 1 aliphatic heterocycles. The van der Waals surface area contributed by atoms with Crippen LogP contribution in [0.5, 0.6) is 5.75 Å². The van der Waals surface area contributed by atoms with E-state index in [0.29, 0.717) is 5.91 Å². The van der Waals surface area contributed by atoms with Crippen molar-refractivity contribution in [1.82, 2.24) is 9.88 Å². The van der Waals surface area contributed by atoms with E-state index in [4.69, 9.17) is 4.74 Å². The first-order valence-electron chi connectivity index (χ1n) is 7.81. The van der Waals surface area contributed by atoms with Gasteiger partial charge in [0.15, 0.2) is 0 Å². The maximum atomic E-state index is 12.4. The summed E-state index contributed by atoms with van der Waals surface area (Å²) in [5.74, 6) is 2.39. The van der Waals surface area contributed by atoms with Gasteiger partial charge in [-0.3, -0.25) is 4.79 Å². The number of pyridine rings is 1. The van der Waals surface area contributed by atoms with Crippen molar-refractivity contribution < 1.29 is 9.53 Å². The minimum atomic E-state index is 0.288. The zero-order chi connectivity index (χ0) is 14.7. The second kappa shape index (κ2) is 6.33. The number of hydrogen-bond donors (Lipinski definition) is 0. The fraction of sp³-hybridized carbons (Fsp3) is 0.625. The fourth-order valence-corrected chi connectivity index (χ4v) is 3.27. The molecule has 1 aromatic heterocycles. The molecular weight excluding hydrogens is 266 g/mol. The Morgan fingerprint density at radius 1 is 1.19 bits per heavy atom. The first-order valence-corrected chi connectivity index (χ1v) is 7.81. The summed E-state index contributed by atoms with van der Waals surface area (Å²) >= 11 is 0. The molecule has 0 bridgehead atoms. The van der Waals surface area contributed by atoms with Gasteiger partial charge in [0.25, 0.3) is 0 Å². The van der Waals surface area contributed by atoms with E-state index in [1.165, 1.54) is 12.8 Å². The summed E-state index contributed by atoms with van der Waals surface area (Å²) < 4.78 is 5.13. The molecule has 1 saturated heterocycles. The second-order valence-electron chi connectivity index (χ2n) is 5.85. The lowest BCUT2D eigenvalue weighted by Crippen LogP contribution is -2.50. The van der Waals surface area contributed by atoms with Gasteiger partial charge in [0.05, 0.1) is 13.3 Å². The van der Waals surface area contributed by atoms with Gasteiger partial charge in [-0.25, -0.2) is 4.98 Å². The van der Waals surface area contributed by atoms with Crippen molar-refractivity contribution in [2.75, 3.05) is 38.2 Å². The molecule has 21 heavy (non-hydrogen) atoms. The van der Waals surface area contributed by atoms with Crippen molar-refractivity contribution in [3.8, 4) is 5.75 Å². The summed E-state index contributed by atoms with van der Waals surface area (Å²) in [6.07, 6.45) is 6.34. The van der Waals surface area contributed by atoms with Gasteiger partial charge < -0.3 is 14.5 Å². The van der Waals surface area contributed by atoms with Gasteiger partial charge in [-0.15, -0.1) is 0 Å². The molecule has 2 aliphatic rings. The van der Waals surface area contributed by atoms with Crippen molar-refractivity contribution in [3.63, 3.8) is 0 Å². The van der Waals surface area contributed by atoms with Crippen LogP contribution in [-0.2, 0) is 4.79 Å². The average molecular weight is 289 g/mol. The lowest BCUT2D eigenvalue weighted by Gasteiger charge is -2.36. The Balaban J connectivity index is 1.55. The lowest BCUT2D eigenvalue weighted by molar-refractivity contribution is -0.135. The first-order chi connectivity index (χ1) is 10.3. The number of hydrogen-bond acceptors (Lipinski definition) is 4. The SMILES string of the molecule is COc1ccc(N2CCN(C(=O)C3CCCC3)CC2)nc1. The van der Waals surface area contributed by atoms with Crippen molar-refractivity contribution in [2.45, 2.75) is 25.7 Å². The van der Waals surface area contributed by atoms with Crippen LogP contribution in [0.1, 0.15) is 25.7 Å². The quantitative estimate of drug-likeness (QED) is 0.853. The zero-order valence-corrected chi connectivity index (χ0v) is 12.6. The number of amides is 1. The molecule has 5 heteroatoms. The molecule has 1 amide bonds. The molecule has 0 spiro atoms. The van der Waals surface area contributed by atoms with Crippen molar-refractivity contribution in [2.24, 2.45) is 5.92 Å². The molecule has 1 aliphatic carbocycles. The van der Waals surface area contributed by atoms with E-state index in [-0.39, 0.29) is 5.92 Å². The summed E-state index contributed by atoms with van der Waals surface area (Å²) in [7, 11) is 1.64. The number of ether oxygens (including phenoxy) is 1. The Kier molecular flexibility index (Phi) is 4.27. The van der Waals surface area contributed by atoms with Crippen molar-refractivity contribution >= 4 is 11.7 Å². The smallest absolute Gasteiger partial charge is 0.225 e. The molecule has 1 saturated carbocycles. The summed E-state index contributed by atoms with van der Waals surface area (Å²) in [6.45, 7) is 3.33. The third-order valence-electron chi connectivity index (χ3n) is 4.58. The third-order valence-corrected chi connectivity index (χ3v) is 4.58. The molecule has 2 heterocycles. The molecule has 0 unspecified atom stereocenters. The predicted molar refractivity (Wildman–Crippen MR) is 81.5 cm³/mol. The number of methoxy groups -OCH3 is 1. The Labute approximate surface area is 125 Å². The van der Waals surface area contributed by atoms with Crippen LogP contribution >= 0.6 is 0 Å². The molecular formula is C16H23N3O2. The van der Waals surface area contributed by atoms with Crippen LogP contribution in [0.15, 0.2) is 18.3 Å². The van der Waals surface area contributed by atoms with E-state index in [1.807, 2.05) is 17.0 Å². The molecule has 2 fully saturated rings. The molecule has 0 radical (unpaired) electrons. The van der Waals surface area contributed by atoms with E-state index >= 15 is 0 Å². The number of anilines is 1. The van der Waals surface area contributed by atoms with Gasteiger partial charge in [-0.1, -0.05) is 12.8 Å². The van der Waals surface area contributed by atoms with E-state index in [2.05, 4.69) is 9.88 Å². The Bertz CT molecular complexity index is 475. The topological polar surface area (TPSA) is 45.7 Å². The molecule has 1 aromatic rings. The highest BCUT2D eigenvalue weighted by molar-refractivity contribution is 5.79. The first kappa shape index (κ1) is 14.2. The van der Waals surface area contributed by atoms with Gasteiger partial charge in [0.2, 0.25) is 5.91 Å². The third kappa shape index (κ3) is 3.12. The Hall–Kier alpha value is -1.78. The summed E-state index contributed by atoms with van der Waals surface area (Å²) in [5.41, 5.74) is 0. The molecule has 0 N–H and O–H groups in total. The maximum Gasteiger partial charge on any atom is 0.225 e. The van der Waals surface area contributed by atoms with Gasteiger partial charge in [0.1, 0.15) is 11.6 Å². The zero-order valence-electron chi connectivity index (χ0n) is 12.6. The lowest BCUT2D eigenvalue weighted by atomic mass is 10.1. The van der Waals surface area contributed by atoms with Crippen molar-refractivity contribution in [3.05, 3.63) is 18.3 Å². The largest absolute Gasteiger partial charge is 0.495 e. The van der Waals surface area contributed by atoms with Crippen LogP contribution in [0.4, 0.5) is 5.82 Å². The second-order valence-corrected chi connectivity index (χ2v) is 5.85. The predicted octanol–water partition coefficient (Wildman–Crippen LogP) is 1.93. The molecule has 114 valence electrons. The van der Waals surface area contributed by atoms with Crippen LogP contribution in [-0.4, -0.2) is 49.1 Å². The van der Waals surface area contributed by atoms with Crippen LogP contribution in [0.2, 0.25) is 0 Å². The molecule has 3 rings (SSSR count). The monoisotopic (exact) mass is 289 g/mol. The Morgan fingerprint density at radius 3 is 2.48 bits per heavy atom. The summed E-state index contributed by atoms with van der Waals surface area (Å²) in [4.78, 5) is 21.1. The highest BCUT2D eigenvalue weighted by Gasteiger charge is 2.29. The van der Waals surface area contributed by atoms with Crippen LogP contribution in [0.25, 0.3) is 0 Å². The van der Waals surface area contributed by atoms with E-state index in [1.54, 1.807) is 13.3 Å². The number of aromatic nitrogens is 1. The minimum Gasteiger partial charge on any atom is -0.495 e. The molecule has 5 nitrogen and oxygen atoms in total. The number of nitrogens with zero attached hydrogens (tertiary/aromatic N) is 3. The number of carbonyl (C=O) groups excluding carboxylic acids is 1. The van der Waals surface area contributed by atoms with Gasteiger partial charge in [-0.2, -0.15) is 0 Å². The highest BCUT2D eigenvalue weighted by atomic mass is 16.5. The highest BCUT2D eigenvalue weighted by Crippen LogP contribution is 2.27. The van der Waals surface area contributed by atoms with E-state index in [9.17, 15) is 4.79 Å². The molecule has 0 aromatic carbocycles. The van der Waals surface area contributed by atoms with Gasteiger partial charge in [-0.05, 0) is 25.0 Å². The van der Waals surface area contributed by atoms with Gasteiger partial charge >= 0.3 is 0 Å². The minimum absolute atomic E-state index is 0.288. The van der Waals surface area contributed by atoms with E-state index < -0.39 is 0 Å². The normalized spacial score (nSPS) is 19.9. The average Bonchev–Trinajstić information content (AvgIpc) is 3.09.